The lowest BCUT2D eigenvalue weighted by molar-refractivity contribution is 0.309. The standard InChI is InChI=1S/C14H19N5O/c1-15-12-6-4-3-5-11(12)13-16-14(17-20-13)19-9-7-18(2)8-10-19/h3-6,15H,7-10H2,1-2H3. The molecular weight excluding hydrogens is 254 g/mol. The van der Waals surface area contributed by atoms with Gasteiger partial charge >= 0.3 is 0 Å². The van der Waals surface area contributed by atoms with Gasteiger partial charge in [0.1, 0.15) is 0 Å². The monoisotopic (exact) mass is 273 g/mol. The molecule has 1 aromatic heterocycles. The molecule has 6 nitrogen and oxygen atoms in total. The molecule has 2 heterocycles. The number of nitrogens with zero attached hydrogens (tertiary/aromatic N) is 4. The predicted octanol–water partition coefficient (Wildman–Crippen LogP) is 1.53. The third-order valence-corrected chi connectivity index (χ3v) is 3.63. The summed E-state index contributed by atoms with van der Waals surface area (Å²) in [6, 6.07) is 7.92. The molecule has 0 amide bonds. The van der Waals surface area contributed by atoms with Crippen LogP contribution in [0.4, 0.5) is 11.6 Å². The van der Waals surface area contributed by atoms with Gasteiger partial charge in [0.25, 0.3) is 11.8 Å². The van der Waals surface area contributed by atoms with Crippen LogP contribution in [-0.4, -0.2) is 55.3 Å². The zero-order valence-corrected chi connectivity index (χ0v) is 11.8. The first kappa shape index (κ1) is 12.9. The molecule has 0 radical (unpaired) electrons. The Labute approximate surface area is 118 Å². The Balaban J connectivity index is 1.83. The minimum absolute atomic E-state index is 0.559. The minimum atomic E-state index is 0.559. The van der Waals surface area contributed by atoms with Gasteiger partial charge in [0, 0.05) is 38.9 Å². The summed E-state index contributed by atoms with van der Waals surface area (Å²) >= 11 is 0. The molecule has 1 N–H and O–H groups in total. The lowest BCUT2D eigenvalue weighted by Crippen LogP contribution is -2.44. The molecule has 6 heteroatoms. The van der Waals surface area contributed by atoms with E-state index in [2.05, 4.69) is 32.3 Å². The average Bonchev–Trinajstić information content (AvgIpc) is 2.97. The molecule has 0 unspecified atom stereocenters. The van der Waals surface area contributed by atoms with E-state index in [9.17, 15) is 0 Å². The predicted molar refractivity (Wildman–Crippen MR) is 79.0 cm³/mol. The lowest BCUT2D eigenvalue weighted by Gasteiger charge is -2.31. The summed E-state index contributed by atoms with van der Waals surface area (Å²) in [5.74, 6) is 1.24. The van der Waals surface area contributed by atoms with E-state index >= 15 is 0 Å². The van der Waals surface area contributed by atoms with Crippen LogP contribution in [0.5, 0.6) is 0 Å². The number of para-hydroxylation sites is 1. The van der Waals surface area contributed by atoms with Crippen molar-refractivity contribution in [2.75, 3.05) is 50.5 Å². The van der Waals surface area contributed by atoms with Crippen molar-refractivity contribution in [1.29, 1.82) is 0 Å². The van der Waals surface area contributed by atoms with Crippen LogP contribution < -0.4 is 10.2 Å². The highest BCUT2D eigenvalue weighted by molar-refractivity contribution is 5.72. The molecule has 0 bridgehead atoms. The fourth-order valence-corrected chi connectivity index (χ4v) is 2.35. The van der Waals surface area contributed by atoms with E-state index in [0.717, 1.165) is 37.4 Å². The Morgan fingerprint density at radius 2 is 1.90 bits per heavy atom. The molecule has 0 spiro atoms. The summed E-state index contributed by atoms with van der Waals surface area (Å²) in [6.45, 7) is 3.92. The fraction of sp³-hybridized carbons (Fsp3) is 0.429. The molecule has 1 saturated heterocycles. The van der Waals surface area contributed by atoms with Crippen LogP contribution in [-0.2, 0) is 0 Å². The van der Waals surface area contributed by atoms with Gasteiger partial charge in [-0.3, -0.25) is 0 Å². The largest absolute Gasteiger partial charge is 0.387 e. The Hall–Kier alpha value is -2.08. The van der Waals surface area contributed by atoms with E-state index in [1.165, 1.54) is 0 Å². The summed E-state index contributed by atoms with van der Waals surface area (Å²) in [5, 5.41) is 7.25. The lowest BCUT2D eigenvalue weighted by atomic mass is 10.2. The van der Waals surface area contributed by atoms with Crippen molar-refractivity contribution in [3.8, 4) is 11.5 Å². The van der Waals surface area contributed by atoms with Crippen LogP contribution in [0.25, 0.3) is 11.5 Å². The van der Waals surface area contributed by atoms with Crippen molar-refractivity contribution in [3.63, 3.8) is 0 Å². The van der Waals surface area contributed by atoms with Crippen molar-refractivity contribution >= 4 is 11.6 Å². The van der Waals surface area contributed by atoms with Crippen LogP contribution in [0.3, 0.4) is 0 Å². The van der Waals surface area contributed by atoms with Crippen molar-refractivity contribution in [3.05, 3.63) is 24.3 Å². The molecule has 3 rings (SSSR count). The summed E-state index contributed by atoms with van der Waals surface area (Å²) in [4.78, 5) is 8.99. The van der Waals surface area contributed by atoms with Gasteiger partial charge in [-0.15, -0.1) is 0 Å². The van der Waals surface area contributed by atoms with Crippen LogP contribution in [0.15, 0.2) is 28.8 Å². The fourth-order valence-electron chi connectivity index (χ4n) is 2.35. The number of nitrogens with one attached hydrogen (secondary N) is 1. The molecular formula is C14H19N5O. The number of benzene rings is 1. The minimum Gasteiger partial charge on any atom is -0.387 e. The van der Waals surface area contributed by atoms with Gasteiger partial charge in [-0.1, -0.05) is 12.1 Å². The van der Waals surface area contributed by atoms with Gasteiger partial charge in [0.15, 0.2) is 0 Å². The van der Waals surface area contributed by atoms with E-state index in [1.54, 1.807) is 0 Å². The summed E-state index contributed by atoms with van der Waals surface area (Å²) in [5.41, 5.74) is 1.92. The van der Waals surface area contributed by atoms with Gasteiger partial charge in [-0.25, -0.2) is 0 Å². The van der Waals surface area contributed by atoms with Crippen LogP contribution in [0.1, 0.15) is 0 Å². The Morgan fingerprint density at radius 3 is 2.65 bits per heavy atom. The molecule has 20 heavy (non-hydrogen) atoms. The van der Waals surface area contributed by atoms with Gasteiger partial charge in [-0.05, 0) is 24.3 Å². The zero-order chi connectivity index (χ0) is 13.9. The molecule has 106 valence electrons. The SMILES string of the molecule is CNc1ccccc1-c1nc(N2CCN(C)CC2)no1. The third-order valence-electron chi connectivity index (χ3n) is 3.63. The highest BCUT2D eigenvalue weighted by atomic mass is 16.5. The smallest absolute Gasteiger partial charge is 0.266 e. The number of likely N-dealkylation sites (N-methyl/N-ethyl adjacent to an activating group) is 1. The first-order chi connectivity index (χ1) is 9.78. The number of hydrogen-bond donors (Lipinski definition) is 1. The maximum absolute atomic E-state index is 5.42. The number of rotatable bonds is 3. The third kappa shape index (κ3) is 2.46. The molecule has 0 atom stereocenters. The second-order valence-corrected chi connectivity index (χ2v) is 4.99. The van der Waals surface area contributed by atoms with Crippen LogP contribution >= 0.6 is 0 Å². The molecule has 0 saturated carbocycles. The highest BCUT2D eigenvalue weighted by Gasteiger charge is 2.20. The molecule has 1 aliphatic heterocycles. The number of piperazine rings is 1. The molecule has 2 aromatic rings. The quantitative estimate of drug-likeness (QED) is 0.915. The van der Waals surface area contributed by atoms with Gasteiger partial charge < -0.3 is 19.6 Å². The molecule has 1 aromatic carbocycles. The Bertz CT molecular complexity index is 574. The summed E-state index contributed by atoms with van der Waals surface area (Å²) in [7, 11) is 4.01. The van der Waals surface area contributed by atoms with E-state index in [4.69, 9.17) is 4.52 Å². The van der Waals surface area contributed by atoms with E-state index in [0.29, 0.717) is 11.8 Å². The van der Waals surface area contributed by atoms with Crippen LogP contribution in [0, 0.1) is 0 Å². The maximum Gasteiger partial charge on any atom is 0.266 e. The number of aromatic nitrogens is 2. The Morgan fingerprint density at radius 1 is 1.15 bits per heavy atom. The topological polar surface area (TPSA) is 57.4 Å². The second-order valence-electron chi connectivity index (χ2n) is 4.99. The normalized spacial score (nSPS) is 16.4. The highest BCUT2D eigenvalue weighted by Crippen LogP contribution is 2.27. The summed E-state index contributed by atoms with van der Waals surface area (Å²) in [6.07, 6.45) is 0. The van der Waals surface area contributed by atoms with Gasteiger partial charge in [0.05, 0.1) is 5.56 Å². The number of hydrogen-bond acceptors (Lipinski definition) is 6. The zero-order valence-electron chi connectivity index (χ0n) is 11.8. The van der Waals surface area contributed by atoms with Crippen LogP contribution in [0.2, 0.25) is 0 Å². The first-order valence-corrected chi connectivity index (χ1v) is 6.82. The van der Waals surface area contributed by atoms with E-state index in [1.807, 2.05) is 31.3 Å². The molecule has 1 fully saturated rings. The van der Waals surface area contributed by atoms with E-state index < -0.39 is 0 Å². The molecule has 1 aliphatic rings. The van der Waals surface area contributed by atoms with Crippen molar-refractivity contribution in [1.82, 2.24) is 15.0 Å². The molecule has 0 aliphatic carbocycles. The second kappa shape index (κ2) is 5.50. The van der Waals surface area contributed by atoms with Gasteiger partial charge in [0.2, 0.25) is 0 Å². The van der Waals surface area contributed by atoms with E-state index in [-0.39, 0.29) is 0 Å². The maximum atomic E-state index is 5.42. The van der Waals surface area contributed by atoms with Crippen molar-refractivity contribution < 1.29 is 4.52 Å². The number of anilines is 2. The Kier molecular flexibility index (Phi) is 3.56. The average molecular weight is 273 g/mol. The van der Waals surface area contributed by atoms with Gasteiger partial charge in [-0.2, -0.15) is 4.98 Å². The van der Waals surface area contributed by atoms with Crippen molar-refractivity contribution in [2.24, 2.45) is 0 Å². The first-order valence-electron chi connectivity index (χ1n) is 6.82. The summed E-state index contributed by atoms with van der Waals surface area (Å²) < 4.78 is 5.42. The van der Waals surface area contributed by atoms with Crippen molar-refractivity contribution in [2.45, 2.75) is 0 Å².